The number of hydrogen-bond donors (Lipinski definition) is 1. The molecule has 2 unspecified atom stereocenters. The molecular formula is C22H22F4N2O3S. The Hall–Kier alpha value is -2.46. The van der Waals surface area contributed by atoms with Crippen LogP contribution in [0, 0.1) is 12.7 Å². The van der Waals surface area contributed by atoms with E-state index in [1.54, 1.807) is 13.0 Å². The monoisotopic (exact) mass is 470 g/mol. The first-order chi connectivity index (χ1) is 14.7. The fraction of sp³-hybridized carbons (Fsp3) is 0.409. The Kier molecular flexibility index (Phi) is 5.17. The van der Waals surface area contributed by atoms with Gasteiger partial charge in [-0.3, -0.25) is 0 Å². The fourth-order valence-electron chi connectivity index (χ4n) is 4.48. The summed E-state index contributed by atoms with van der Waals surface area (Å²) in [6.45, 7) is 3.24. The van der Waals surface area contributed by atoms with Gasteiger partial charge in [0, 0.05) is 24.8 Å². The Balaban J connectivity index is 1.58. The lowest BCUT2D eigenvalue weighted by molar-refractivity contribution is -0.385. The standard InChI is InChI=1S/C22H22F4N2O3S/c1-13-4-6-15(23)9-17(13)20(2)12-21(31-20,22(24,25)26)10-16-7-5-14-8-19(32(3,29)30)27-11-18(14)28-16/h4,6-9,11,28H,5,10,12H2,1-3H3. The fourth-order valence-corrected chi connectivity index (χ4v) is 5.08. The number of nitrogens with zero attached hydrogens (tertiary/aromatic N) is 1. The lowest BCUT2D eigenvalue weighted by Crippen LogP contribution is -2.64. The third-order valence-corrected chi connectivity index (χ3v) is 7.00. The third kappa shape index (κ3) is 3.90. The molecule has 2 atom stereocenters. The van der Waals surface area contributed by atoms with Gasteiger partial charge in [-0.1, -0.05) is 12.1 Å². The quantitative estimate of drug-likeness (QED) is 0.650. The number of aromatic nitrogens is 1. The second-order valence-electron chi connectivity index (χ2n) is 8.65. The number of aryl methyl sites for hydroxylation is 1. The molecule has 0 saturated carbocycles. The second-order valence-corrected chi connectivity index (χ2v) is 10.6. The van der Waals surface area contributed by atoms with Gasteiger partial charge in [0.15, 0.2) is 20.5 Å². The molecular weight excluding hydrogens is 448 g/mol. The van der Waals surface area contributed by atoms with Crippen LogP contribution in [0.2, 0.25) is 0 Å². The normalized spacial score (nSPS) is 25.4. The van der Waals surface area contributed by atoms with Crippen molar-refractivity contribution in [1.82, 2.24) is 4.98 Å². The van der Waals surface area contributed by atoms with Crippen molar-refractivity contribution >= 4 is 15.5 Å². The van der Waals surface area contributed by atoms with Gasteiger partial charge in [-0.2, -0.15) is 13.2 Å². The summed E-state index contributed by atoms with van der Waals surface area (Å²) in [5.74, 6) is -0.533. The number of benzene rings is 1. The van der Waals surface area contributed by atoms with Gasteiger partial charge in [0.05, 0.1) is 17.5 Å². The molecule has 0 bridgehead atoms. The minimum absolute atomic E-state index is 0.0924. The van der Waals surface area contributed by atoms with Crippen molar-refractivity contribution < 1.29 is 30.7 Å². The van der Waals surface area contributed by atoms with Gasteiger partial charge in [-0.25, -0.2) is 17.8 Å². The summed E-state index contributed by atoms with van der Waals surface area (Å²) < 4.78 is 85.0. The van der Waals surface area contributed by atoms with E-state index in [1.807, 2.05) is 0 Å². The lowest BCUT2D eigenvalue weighted by atomic mass is 9.72. The van der Waals surface area contributed by atoms with E-state index in [4.69, 9.17) is 4.74 Å². The molecule has 1 N–H and O–H groups in total. The second kappa shape index (κ2) is 7.28. The Morgan fingerprint density at radius 2 is 1.94 bits per heavy atom. The zero-order valence-corrected chi connectivity index (χ0v) is 18.5. The molecule has 0 spiro atoms. The number of allylic oxidation sites excluding steroid dienone is 1. The number of sulfone groups is 1. The maximum Gasteiger partial charge on any atom is 0.418 e. The van der Waals surface area contributed by atoms with Crippen LogP contribution in [0.4, 0.5) is 23.2 Å². The molecule has 1 saturated heterocycles. The SMILES string of the molecule is Cc1ccc(F)cc1C1(C)CC(CC2=CCc3cc(S(C)(=O)=O)ncc3N2)(C(F)(F)F)O1. The Morgan fingerprint density at radius 3 is 2.56 bits per heavy atom. The van der Waals surface area contributed by atoms with Crippen molar-refractivity contribution in [1.29, 1.82) is 0 Å². The minimum Gasteiger partial charge on any atom is -0.358 e. The highest BCUT2D eigenvalue weighted by Crippen LogP contribution is 2.58. The molecule has 10 heteroatoms. The first-order valence-electron chi connectivity index (χ1n) is 9.91. The van der Waals surface area contributed by atoms with Crippen LogP contribution in [0.1, 0.15) is 36.5 Å². The van der Waals surface area contributed by atoms with Gasteiger partial charge in [-0.15, -0.1) is 0 Å². The predicted molar refractivity (Wildman–Crippen MR) is 110 cm³/mol. The number of rotatable bonds is 4. The molecule has 1 aromatic heterocycles. The maximum atomic E-state index is 14.1. The highest BCUT2D eigenvalue weighted by Gasteiger charge is 2.68. The van der Waals surface area contributed by atoms with Crippen LogP contribution < -0.4 is 5.32 Å². The van der Waals surface area contributed by atoms with Crippen LogP contribution in [0.3, 0.4) is 0 Å². The van der Waals surface area contributed by atoms with Crippen molar-refractivity contribution in [3.05, 3.63) is 64.7 Å². The summed E-state index contributed by atoms with van der Waals surface area (Å²) in [5, 5.41) is 2.83. The first-order valence-corrected chi connectivity index (χ1v) is 11.8. The predicted octanol–water partition coefficient (Wildman–Crippen LogP) is 4.81. The highest BCUT2D eigenvalue weighted by atomic mass is 32.2. The minimum atomic E-state index is -4.64. The molecule has 3 heterocycles. The number of hydrogen-bond acceptors (Lipinski definition) is 5. The topological polar surface area (TPSA) is 68.3 Å². The van der Waals surface area contributed by atoms with E-state index in [0.717, 1.165) is 6.26 Å². The summed E-state index contributed by atoms with van der Waals surface area (Å²) >= 11 is 0. The van der Waals surface area contributed by atoms with E-state index < -0.39 is 39.5 Å². The Morgan fingerprint density at radius 1 is 1.25 bits per heavy atom. The molecule has 2 aliphatic heterocycles. The van der Waals surface area contributed by atoms with Crippen LogP contribution in [-0.4, -0.2) is 31.4 Å². The van der Waals surface area contributed by atoms with E-state index >= 15 is 0 Å². The van der Waals surface area contributed by atoms with Crippen molar-refractivity contribution in [2.75, 3.05) is 11.6 Å². The molecule has 1 fully saturated rings. The zero-order chi connectivity index (χ0) is 23.5. The average Bonchev–Trinajstić information content (AvgIpc) is 2.66. The van der Waals surface area contributed by atoms with E-state index in [1.165, 1.54) is 37.4 Å². The first kappa shape index (κ1) is 22.7. The molecule has 0 amide bonds. The number of halogens is 4. The number of alkyl halides is 3. The summed E-state index contributed by atoms with van der Waals surface area (Å²) in [4.78, 5) is 3.89. The molecule has 172 valence electrons. The number of fused-ring (bicyclic) bond motifs is 1. The molecule has 0 aliphatic carbocycles. The average molecular weight is 470 g/mol. The Labute approximate surface area is 183 Å². The largest absolute Gasteiger partial charge is 0.418 e. The molecule has 1 aromatic carbocycles. The van der Waals surface area contributed by atoms with E-state index in [9.17, 15) is 26.0 Å². The van der Waals surface area contributed by atoms with Gasteiger partial charge >= 0.3 is 6.18 Å². The van der Waals surface area contributed by atoms with Crippen LogP contribution in [0.15, 0.2) is 47.3 Å². The van der Waals surface area contributed by atoms with Crippen molar-refractivity contribution in [2.45, 2.75) is 55.5 Å². The maximum absolute atomic E-state index is 14.1. The van der Waals surface area contributed by atoms with Crippen LogP contribution >= 0.6 is 0 Å². The third-order valence-electron chi connectivity index (χ3n) is 6.01. The van der Waals surface area contributed by atoms with E-state index in [2.05, 4.69) is 10.3 Å². The number of pyridine rings is 1. The molecule has 32 heavy (non-hydrogen) atoms. The van der Waals surface area contributed by atoms with Crippen LogP contribution in [0.25, 0.3) is 0 Å². The van der Waals surface area contributed by atoms with Crippen LogP contribution in [-0.2, 0) is 26.6 Å². The molecule has 4 rings (SSSR count). The molecule has 5 nitrogen and oxygen atoms in total. The lowest BCUT2D eigenvalue weighted by Gasteiger charge is -2.56. The smallest absolute Gasteiger partial charge is 0.358 e. The molecule has 2 aliphatic rings. The van der Waals surface area contributed by atoms with Crippen molar-refractivity contribution in [2.24, 2.45) is 0 Å². The molecule has 0 radical (unpaired) electrons. The summed E-state index contributed by atoms with van der Waals surface area (Å²) in [6, 6.07) is 5.41. The van der Waals surface area contributed by atoms with Gasteiger partial charge in [0.1, 0.15) is 5.82 Å². The van der Waals surface area contributed by atoms with Crippen molar-refractivity contribution in [3.8, 4) is 0 Å². The molecule has 2 aromatic rings. The van der Waals surface area contributed by atoms with Gasteiger partial charge in [0.25, 0.3) is 0 Å². The number of ether oxygens (including phenoxy) is 1. The van der Waals surface area contributed by atoms with Crippen LogP contribution in [0.5, 0.6) is 0 Å². The van der Waals surface area contributed by atoms with Crippen molar-refractivity contribution in [3.63, 3.8) is 0 Å². The van der Waals surface area contributed by atoms with E-state index in [-0.39, 0.29) is 17.9 Å². The van der Waals surface area contributed by atoms with Gasteiger partial charge in [-0.05, 0) is 55.2 Å². The number of anilines is 1. The van der Waals surface area contributed by atoms with Gasteiger partial charge < -0.3 is 10.1 Å². The Bertz CT molecular complexity index is 1220. The summed E-state index contributed by atoms with van der Waals surface area (Å²) in [7, 11) is -3.49. The summed E-state index contributed by atoms with van der Waals surface area (Å²) in [5.41, 5.74) is -1.25. The van der Waals surface area contributed by atoms with Gasteiger partial charge in [0.2, 0.25) is 0 Å². The van der Waals surface area contributed by atoms with E-state index in [0.29, 0.717) is 28.1 Å². The number of nitrogens with one attached hydrogen (secondary N) is 1. The highest BCUT2D eigenvalue weighted by molar-refractivity contribution is 7.90. The zero-order valence-electron chi connectivity index (χ0n) is 17.7. The summed E-state index contributed by atoms with van der Waals surface area (Å²) in [6.07, 6.45) is -1.25.